The van der Waals surface area contributed by atoms with Gasteiger partial charge in [0.15, 0.2) is 0 Å². The van der Waals surface area contributed by atoms with Gasteiger partial charge < -0.3 is 10.5 Å². The van der Waals surface area contributed by atoms with E-state index in [0.29, 0.717) is 38.9 Å². The predicted molar refractivity (Wildman–Crippen MR) is 73.6 cm³/mol. The fourth-order valence-electron chi connectivity index (χ4n) is 2.92. The van der Waals surface area contributed by atoms with E-state index in [-0.39, 0.29) is 5.84 Å². The topological polar surface area (TPSA) is 105 Å². The molecule has 1 saturated carbocycles. The Bertz CT molecular complexity index is 424. The Morgan fingerprint density at radius 2 is 1.79 bits per heavy atom. The third kappa shape index (κ3) is 3.27. The van der Waals surface area contributed by atoms with E-state index in [9.17, 15) is 8.42 Å². The summed E-state index contributed by atoms with van der Waals surface area (Å²) in [6.45, 7) is 0.970. The quantitative estimate of drug-likeness (QED) is 0.524. The van der Waals surface area contributed by atoms with E-state index in [2.05, 4.69) is 4.72 Å². The Balaban J connectivity index is 2.13. The number of hydrogen-bond acceptors (Lipinski definition) is 4. The lowest BCUT2D eigenvalue weighted by atomic mass is 9.82. The van der Waals surface area contributed by atoms with Crippen LogP contribution >= 0.6 is 0 Å². The van der Waals surface area contributed by atoms with Gasteiger partial charge >= 0.3 is 0 Å². The Hall–Kier alpha value is -0.660. The van der Waals surface area contributed by atoms with Gasteiger partial charge in [0.05, 0.1) is 10.8 Å². The van der Waals surface area contributed by atoms with Gasteiger partial charge in [-0.05, 0) is 25.7 Å². The summed E-state index contributed by atoms with van der Waals surface area (Å²) in [4.78, 5) is 0. The standard InChI is InChI=1S/C12H23N3O3S/c13-11(14)12(6-2-1-3-7-12)15-19(16,17)10-4-8-18-9-5-10/h10,15H,1-9H2,(H3,13,14). The van der Waals surface area contributed by atoms with Crippen molar-refractivity contribution in [3.8, 4) is 0 Å². The minimum absolute atomic E-state index is 0.0529. The molecule has 1 aliphatic heterocycles. The van der Waals surface area contributed by atoms with Gasteiger partial charge in [0, 0.05) is 13.2 Å². The first-order chi connectivity index (χ1) is 8.96. The van der Waals surface area contributed by atoms with Crippen molar-refractivity contribution < 1.29 is 13.2 Å². The first-order valence-electron chi connectivity index (χ1n) is 6.91. The zero-order valence-electron chi connectivity index (χ0n) is 11.2. The Morgan fingerprint density at radius 1 is 1.21 bits per heavy atom. The van der Waals surface area contributed by atoms with Crippen LogP contribution in [-0.4, -0.2) is 38.3 Å². The van der Waals surface area contributed by atoms with Crippen molar-refractivity contribution in [3.05, 3.63) is 0 Å². The fourth-order valence-corrected chi connectivity index (χ4v) is 4.76. The fraction of sp³-hybridized carbons (Fsp3) is 0.917. The molecule has 1 saturated heterocycles. The van der Waals surface area contributed by atoms with E-state index in [4.69, 9.17) is 15.9 Å². The Labute approximate surface area is 114 Å². The zero-order chi connectivity index (χ0) is 13.9. The van der Waals surface area contributed by atoms with Gasteiger partial charge in [-0.3, -0.25) is 5.41 Å². The van der Waals surface area contributed by atoms with Gasteiger partial charge in [-0.15, -0.1) is 0 Å². The molecule has 0 spiro atoms. The summed E-state index contributed by atoms with van der Waals surface area (Å²) < 4.78 is 32.8. The van der Waals surface area contributed by atoms with Gasteiger partial charge in [0.2, 0.25) is 10.0 Å². The van der Waals surface area contributed by atoms with Crippen LogP contribution in [0, 0.1) is 5.41 Å². The molecule has 0 aromatic rings. The molecule has 0 radical (unpaired) electrons. The molecule has 0 bridgehead atoms. The van der Waals surface area contributed by atoms with Gasteiger partial charge in [-0.25, -0.2) is 13.1 Å². The second kappa shape index (κ2) is 5.76. The molecule has 2 rings (SSSR count). The van der Waals surface area contributed by atoms with Gasteiger partial charge in [0.1, 0.15) is 5.84 Å². The number of amidine groups is 1. The van der Waals surface area contributed by atoms with Gasteiger partial charge in [-0.2, -0.15) is 0 Å². The third-order valence-corrected chi connectivity index (χ3v) is 6.19. The zero-order valence-corrected chi connectivity index (χ0v) is 12.0. The molecule has 2 fully saturated rings. The minimum atomic E-state index is -3.44. The number of hydrogen-bond donors (Lipinski definition) is 3. The predicted octanol–water partition coefficient (Wildman–Crippen LogP) is 0.724. The van der Waals surface area contributed by atoms with Crippen molar-refractivity contribution >= 4 is 15.9 Å². The lowest BCUT2D eigenvalue weighted by molar-refractivity contribution is 0.0979. The van der Waals surface area contributed by atoms with Crippen LogP contribution in [-0.2, 0) is 14.8 Å². The summed E-state index contributed by atoms with van der Waals surface area (Å²) in [5.41, 5.74) is 4.82. The van der Waals surface area contributed by atoms with Crippen molar-refractivity contribution in [2.75, 3.05) is 13.2 Å². The molecule has 7 heteroatoms. The van der Waals surface area contributed by atoms with Crippen LogP contribution in [0.15, 0.2) is 0 Å². The van der Waals surface area contributed by atoms with Crippen LogP contribution in [0.1, 0.15) is 44.9 Å². The molecule has 6 nitrogen and oxygen atoms in total. The Kier molecular flexibility index (Phi) is 4.47. The van der Waals surface area contributed by atoms with E-state index >= 15 is 0 Å². The maximum Gasteiger partial charge on any atom is 0.215 e. The summed E-state index contributed by atoms with van der Waals surface area (Å²) >= 11 is 0. The van der Waals surface area contributed by atoms with Gasteiger partial charge in [0.25, 0.3) is 0 Å². The van der Waals surface area contributed by atoms with Crippen molar-refractivity contribution in [3.63, 3.8) is 0 Å². The average Bonchev–Trinajstić information content (AvgIpc) is 2.40. The highest BCUT2D eigenvalue weighted by Gasteiger charge is 2.41. The summed E-state index contributed by atoms with van der Waals surface area (Å²) in [6, 6.07) is 0. The second-order valence-electron chi connectivity index (χ2n) is 5.52. The lowest BCUT2D eigenvalue weighted by Gasteiger charge is -2.38. The Morgan fingerprint density at radius 3 is 2.32 bits per heavy atom. The van der Waals surface area contributed by atoms with Crippen molar-refractivity contribution in [2.45, 2.75) is 55.7 Å². The molecular weight excluding hydrogens is 266 g/mol. The largest absolute Gasteiger partial charge is 0.386 e. The van der Waals surface area contributed by atoms with E-state index in [0.717, 1.165) is 19.3 Å². The van der Waals surface area contributed by atoms with Crippen molar-refractivity contribution in [1.82, 2.24) is 4.72 Å². The molecule has 1 aliphatic carbocycles. The van der Waals surface area contributed by atoms with E-state index in [1.165, 1.54) is 0 Å². The number of nitrogens with one attached hydrogen (secondary N) is 2. The van der Waals surface area contributed by atoms with Crippen LogP contribution in [0.2, 0.25) is 0 Å². The first kappa shape index (κ1) is 14.7. The first-order valence-corrected chi connectivity index (χ1v) is 8.46. The highest BCUT2D eigenvalue weighted by molar-refractivity contribution is 7.90. The smallest absolute Gasteiger partial charge is 0.215 e. The number of sulfonamides is 1. The SMILES string of the molecule is N=C(N)C1(NS(=O)(=O)C2CCOCC2)CCCCC1. The molecule has 110 valence electrons. The summed E-state index contributed by atoms with van der Waals surface area (Å²) in [6.07, 6.45) is 5.20. The molecule has 0 aromatic heterocycles. The second-order valence-corrected chi connectivity index (χ2v) is 7.48. The number of rotatable bonds is 4. The minimum Gasteiger partial charge on any atom is -0.386 e. The van der Waals surface area contributed by atoms with Crippen LogP contribution in [0.4, 0.5) is 0 Å². The monoisotopic (exact) mass is 289 g/mol. The van der Waals surface area contributed by atoms with Crippen LogP contribution in [0.25, 0.3) is 0 Å². The van der Waals surface area contributed by atoms with Crippen molar-refractivity contribution in [2.24, 2.45) is 5.73 Å². The summed E-state index contributed by atoms with van der Waals surface area (Å²) in [5.74, 6) is -0.0529. The molecular formula is C12H23N3O3S. The lowest BCUT2D eigenvalue weighted by Crippen LogP contribution is -2.59. The molecule has 4 N–H and O–H groups in total. The van der Waals surface area contributed by atoms with E-state index in [1.54, 1.807) is 0 Å². The van der Waals surface area contributed by atoms with Gasteiger partial charge in [-0.1, -0.05) is 19.3 Å². The molecule has 2 aliphatic rings. The number of ether oxygens (including phenoxy) is 1. The maximum absolute atomic E-state index is 12.4. The maximum atomic E-state index is 12.4. The summed E-state index contributed by atoms with van der Waals surface area (Å²) in [7, 11) is -3.44. The molecule has 0 atom stereocenters. The normalized spacial score (nSPS) is 25.1. The van der Waals surface area contributed by atoms with Crippen LogP contribution in [0.3, 0.4) is 0 Å². The van der Waals surface area contributed by atoms with Crippen molar-refractivity contribution in [1.29, 1.82) is 5.41 Å². The van der Waals surface area contributed by atoms with Crippen LogP contribution in [0.5, 0.6) is 0 Å². The number of nitrogens with two attached hydrogens (primary N) is 1. The van der Waals surface area contributed by atoms with E-state index < -0.39 is 20.8 Å². The highest BCUT2D eigenvalue weighted by Crippen LogP contribution is 2.30. The average molecular weight is 289 g/mol. The highest BCUT2D eigenvalue weighted by atomic mass is 32.2. The third-order valence-electron chi connectivity index (χ3n) is 4.17. The molecule has 19 heavy (non-hydrogen) atoms. The molecule has 1 heterocycles. The summed E-state index contributed by atoms with van der Waals surface area (Å²) in [5, 5.41) is 7.34. The van der Waals surface area contributed by atoms with Crippen LogP contribution < -0.4 is 10.5 Å². The molecule has 0 unspecified atom stereocenters. The molecule has 0 aromatic carbocycles. The van der Waals surface area contributed by atoms with E-state index in [1.807, 2.05) is 0 Å². The molecule has 0 amide bonds.